The minimum atomic E-state index is 0.437. The molecule has 1 fully saturated rings. The number of nitrogens with zero attached hydrogens (tertiary/aromatic N) is 1. The SMILES string of the molecule is Cc1cccc2c1CCCC2N1CCC(=O)CC1. The summed E-state index contributed by atoms with van der Waals surface area (Å²) < 4.78 is 0. The van der Waals surface area contributed by atoms with Gasteiger partial charge in [-0.1, -0.05) is 18.2 Å². The second-order valence-corrected chi connectivity index (χ2v) is 5.63. The van der Waals surface area contributed by atoms with Crippen LogP contribution in [0.1, 0.15) is 48.4 Å². The number of carbonyl (C=O) groups is 1. The van der Waals surface area contributed by atoms with Crippen LogP contribution in [0.25, 0.3) is 0 Å². The van der Waals surface area contributed by atoms with Crippen molar-refractivity contribution in [3.8, 4) is 0 Å². The van der Waals surface area contributed by atoms with Gasteiger partial charge in [0.2, 0.25) is 0 Å². The molecule has 0 aromatic heterocycles. The second-order valence-electron chi connectivity index (χ2n) is 5.63. The Hall–Kier alpha value is -1.15. The van der Waals surface area contributed by atoms with Crippen molar-refractivity contribution < 1.29 is 4.79 Å². The lowest BCUT2D eigenvalue weighted by atomic mass is 9.84. The van der Waals surface area contributed by atoms with Gasteiger partial charge in [-0.05, 0) is 42.9 Å². The Morgan fingerprint density at radius 2 is 1.94 bits per heavy atom. The van der Waals surface area contributed by atoms with E-state index in [0.717, 1.165) is 25.9 Å². The van der Waals surface area contributed by atoms with Crippen molar-refractivity contribution in [2.75, 3.05) is 13.1 Å². The third-order valence-electron chi connectivity index (χ3n) is 4.51. The van der Waals surface area contributed by atoms with Gasteiger partial charge in [-0.15, -0.1) is 0 Å². The predicted molar refractivity (Wildman–Crippen MR) is 72.7 cm³/mol. The second kappa shape index (κ2) is 4.85. The molecule has 0 bridgehead atoms. The summed E-state index contributed by atoms with van der Waals surface area (Å²) in [7, 11) is 0. The minimum Gasteiger partial charge on any atom is -0.300 e. The van der Waals surface area contributed by atoms with E-state index in [4.69, 9.17) is 0 Å². The molecule has 0 amide bonds. The van der Waals surface area contributed by atoms with E-state index in [0.29, 0.717) is 11.8 Å². The number of piperidine rings is 1. The van der Waals surface area contributed by atoms with E-state index in [1.807, 2.05) is 0 Å². The molecule has 2 nitrogen and oxygen atoms in total. The number of carbonyl (C=O) groups excluding carboxylic acids is 1. The first-order chi connectivity index (χ1) is 8.75. The van der Waals surface area contributed by atoms with Gasteiger partial charge in [-0.25, -0.2) is 0 Å². The average Bonchev–Trinajstić information content (AvgIpc) is 2.40. The van der Waals surface area contributed by atoms with Crippen molar-refractivity contribution in [1.29, 1.82) is 0 Å². The predicted octanol–water partition coefficient (Wildman–Crippen LogP) is 3.04. The van der Waals surface area contributed by atoms with E-state index in [2.05, 4.69) is 30.0 Å². The number of aryl methyl sites for hydroxylation is 1. The lowest BCUT2D eigenvalue weighted by Crippen LogP contribution is -2.38. The molecular weight excluding hydrogens is 222 g/mol. The zero-order valence-corrected chi connectivity index (χ0v) is 11.1. The number of likely N-dealkylation sites (tertiary alicyclic amines) is 1. The topological polar surface area (TPSA) is 20.3 Å². The Morgan fingerprint density at radius 1 is 1.17 bits per heavy atom. The van der Waals surface area contributed by atoms with Crippen LogP contribution in [-0.4, -0.2) is 23.8 Å². The highest BCUT2D eigenvalue weighted by Crippen LogP contribution is 2.36. The van der Waals surface area contributed by atoms with Gasteiger partial charge in [0.15, 0.2) is 0 Å². The number of ketones is 1. The highest BCUT2D eigenvalue weighted by molar-refractivity contribution is 5.79. The van der Waals surface area contributed by atoms with E-state index < -0.39 is 0 Å². The van der Waals surface area contributed by atoms with Crippen LogP contribution in [0.2, 0.25) is 0 Å². The van der Waals surface area contributed by atoms with Gasteiger partial charge in [0.1, 0.15) is 5.78 Å². The normalized spacial score (nSPS) is 24.9. The Kier molecular flexibility index (Phi) is 3.21. The van der Waals surface area contributed by atoms with Gasteiger partial charge >= 0.3 is 0 Å². The molecule has 1 heterocycles. The van der Waals surface area contributed by atoms with Gasteiger partial charge in [0.25, 0.3) is 0 Å². The Morgan fingerprint density at radius 3 is 2.72 bits per heavy atom. The molecule has 0 spiro atoms. The molecule has 3 rings (SSSR count). The first-order valence-corrected chi connectivity index (χ1v) is 7.10. The average molecular weight is 243 g/mol. The molecular formula is C16H21NO. The molecule has 1 aromatic rings. The van der Waals surface area contributed by atoms with Crippen molar-refractivity contribution >= 4 is 5.78 Å². The maximum atomic E-state index is 11.4. The van der Waals surface area contributed by atoms with Crippen molar-refractivity contribution in [2.45, 2.75) is 45.1 Å². The molecule has 1 unspecified atom stereocenters. The fraction of sp³-hybridized carbons (Fsp3) is 0.562. The third-order valence-corrected chi connectivity index (χ3v) is 4.51. The summed E-state index contributed by atoms with van der Waals surface area (Å²) in [5.74, 6) is 0.437. The van der Waals surface area contributed by atoms with Crippen LogP contribution in [0.4, 0.5) is 0 Å². The van der Waals surface area contributed by atoms with Crippen LogP contribution in [0, 0.1) is 6.92 Å². The molecule has 0 radical (unpaired) electrons. The first kappa shape index (κ1) is 11.9. The molecule has 2 heteroatoms. The smallest absolute Gasteiger partial charge is 0.135 e. The van der Waals surface area contributed by atoms with E-state index >= 15 is 0 Å². The van der Waals surface area contributed by atoms with Crippen molar-refractivity contribution in [3.63, 3.8) is 0 Å². The summed E-state index contributed by atoms with van der Waals surface area (Å²) in [4.78, 5) is 13.9. The maximum Gasteiger partial charge on any atom is 0.135 e. The molecule has 1 atom stereocenters. The fourth-order valence-electron chi connectivity index (χ4n) is 3.47. The lowest BCUT2D eigenvalue weighted by molar-refractivity contribution is -0.122. The summed E-state index contributed by atoms with van der Waals surface area (Å²) in [5.41, 5.74) is 4.52. The third kappa shape index (κ3) is 2.10. The van der Waals surface area contributed by atoms with Gasteiger partial charge in [-0.2, -0.15) is 0 Å². The largest absolute Gasteiger partial charge is 0.300 e. The van der Waals surface area contributed by atoms with Crippen molar-refractivity contribution in [2.24, 2.45) is 0 Å². The summed E-state index contributed by atoms with van der Waals surface area (Å²) in [6.07, 6.45) is 5.26. The highest BCUT2D eigenvalue weighted by atomic mass is 16.1. The van der Waals surface area contributed by atoms with Crippen LogP contribution < -0.4 is 0 Å². The Bertz CT molecular complexity index is 456. The number of Topliss-reactive ketones (excluding diaryl/α,β-unsaturated/α-hetero) is 1. The molecule has 0 N–H and O–H groups in total. The van der Waals surface area contributed by atoms with E-state index in [9.17, 15) is 4.79 Å². The van der Waals surface area contributed by atoms with Gasteiger partial charge in [0, 0.05) is 32.0 Å². The molecule has 96 valence electrons. The molecule has 1 aliphatic carbocycles. The summed E-state index contributed by atoms with van der Waals surface area (Å²) >= 11 is 0. The first-order valence-electron chi connectivity index (χ1n) is 7.10. The Balaban J connectivity index is 1.87. The summed E-state index contributed by atoms with van der Waals surface area (Å²) in [5, 5.41) is 0. The monoisotopic (exact) mass is 243 g/mol. The summed E-state index contributed by atoms with van der Waals surface area (Å²) in [6, 6.07) is 7.26. The standard InChI is InChI=1S/C16H21NO/c1-12-4-2-6-15-14(12)5-3-7-16(15)17-10-8-13(18)9-11-17/h2,4,6,16H,3,5,7-11H2,1H3. The van der Waals surface area contributed by atoms with Crippen molar-refractivity contribution in [1.82, 2.24) is 4.90 Å². The maximum absolute atomic E-state index is 11.4. The molecule has 1 aromatic carbocycles. The molecule has 0 saturated carbocycles. The van der Waals surface area contributed by atoms with E-state index in [1.165, 1.54) is 30.4 Å². The quantitative estimate of drug-likeness (QED) is 0.755. The number of fused-ring (bicyclic) bond motifs is 1. The van der Waals surface area contributed by atoms with Crippen LogP contribution >= 0.6 is 0 Å². The number of hydrogen-bond donors (Lipinski definition) is 0. The molecule has 1 saturated heterocycles. The van der Waals surface area contributed by atoms with Gasteiger partial charge in [0.05, 0.1) is 0 Å². The number of hydrogen-bond acceptors (Lipinski definition) is 2. The molecule has 2 aliphatic rings. The number of benzene rings is 1. The van der Waals surface area contributed by atoms with Crippen LogP contribution in [0.3, 0.4) is 0 Å². The van der Waals surface area contributed by atoms with E-state index in [-0.39, 0.29) is 0 Å². The van der Waals surface area contributed by atoms with Gasteiger partial charge < -0.3 is 0 Å². The molecule has 18 heavy (non-hydrogen) atoms. The van der Waals surface area contributed by atoms with Crippen LogP contribution in [0.5, 0.6) is 0 Å². The molecule has 1 aliphatic heterocycles. The fourth-order valence-corrected chi connectivity index (χ4v) is 3.47. The van der Waals surface area contributed by atoms with Crippen LogP contribution in [-0.2, 0) is 11.2 Å². The van der Waals surface area contributed by atoms with E-state index in [1.54, 1.807) is 5.56 Å². The van der Waals surface area contributed by atoms with Gasteiger partial charge in [-0.3, -0.25) is 9.69 Å². The van der Waals surface area contributed by atoms with Crippen LogP contribution in [0.15, 0.2) is 18.2 Å². The lowest BCUT2D eigenvalue weighted by Gasteiger charge is -2.38. The zero-order valence-electron chi connectivity index (χ0n) is 11.1. The van der Waals surface area contributed by atoms with Crippen molar-refractivity contribution in [3.05, 3.63) is 34.9 Å². The zero-order chi connectivity index (χ0) is 12.5. The highest BCUT2D eigenvalue weighted by Gasteiger charge is 2.28. The Labute approximate surface area is 109 Å². The summed E-state index contributed by atoms with van der Waals surface area (Å²) in [6.45, 7) is 4.13. The number of rotatable bonds is 1. The minimum absolute atomic E-state index is 0.437.